The van der Waals surface area contributed by atoms with Gasteiger partial charge >= 0.3 is 6.48 Å². The second kappa shape index (κ2) is 8.00. The van der Waals surface area contributed by atoms with Crippen LogP contribution in [-0.4, -0.2) is 15.7 Å². The van der Waals surface area contributed by atoms with Gasteiger partial charge in [0.25, 0.3) is 0 Å². The molecule has 3 N–H and O–H groups in total. The molecule has 136 valence electrons. The smallest absolute Gasteiger partial charge is 0.326 e. The van der Waals surface area contributed by atoms with Crippen molar-refractivity contribution in [3.63, 3.8) is 0 Å². The van der Waals surface area contributed by atoms with E-state index in [1.54, 1.807) is 36.4 Å². The lowest BCUT2D eigenvalue weighted by atomic mass is 10.1. The van der Waals surface area contributed by atoms with E-state index in [1.807, 2.05) is 0 Å². The lowest BCUT2D eigenvalue weighted by molar-refractivity contribution is -0.262. The van der Waals surface area contributed by atoms with Gasteiger partial charge < -0.3 is 5.32 Å². The van der Waals surface area contributed by atoms with E-state index in [-0.39, 0.29) is 17.8 Å². The molecule has 0 aliphatic heterocycles. The first-order chi connectivity index (χ1) is 12.5. The molecule has 0 fully saturated rings. The van der Waals surface area contributed by atoms with E-state index in [9.17, 15) is 13.7 Å². The maximum absolute atomic E-state index is 13.5. The summed E-state index contributed by atoms with van der Waals surface area (Å²) < 4.78 is 26.4. The number of rotatable bonds is 6. The Morgan fingerprint density at radius 3 is 2.88 bits per heavy atom. The molecule has 0 aliphatic rings. The lowest BCUT2D eigenvalue weighted by Crippen LogP contribution is -2.15. The highest BCUT2D eigenvalue weighted by Crippen LogP contribution is 2.31. The van der Waals surface area contributed by atoms with E-state index in [0.717, 1.165) is 16.6 Å². The maximum Gasteiger partial charge on any atom is 0.331 e. The van der Waals surface area contributed by atoms with Gasteiger partial charge in [0.15, 0.2) is 0 Å². The predicted molar refractivity (Wildman–Crippen MR) is 95.9 cm³/mol. The fraction of sp³-hybridized carbons (Fsp3) is 0.125. The molecule has 1 amide bonds. The Balaban J connectivity index is 1.87. The molecular weight excluding hydrogens is 386 g/mol. The van der Waals surface area contributed by atoms with Crippen LogP contribution in [0.3, 0.4) is 0 Å². The third kappa shape index (κ3) is 3.80. The molecule has 0 bridgehead atoms. The maximum atomic E-state index is 13.5. The minimum atomic E-state index is -2.39. The number of hydrogen-bond acceptors (Lipinski definition) is 5. The van der Waals surface area contributed by atoms with Crippen LogP contribution in [0.1, 0.15) is 12.0 Å². The SMILES string of the molecule is NSc1cc(NC(=O)Cc2ccccc2Cl)cc2cnn(C(F)OF)c12. The van der Waals surface area contributed by atoms with Gasteiger partial charge in [0.2, 0.25) is 5.91 Å². The Kier molecular flexibility index (Phi) is 5.72. The number of fused-ring (bicyclic) bond motifs is 1. The van der Waals surface area contributed by atoms with Crippen molar-refractivity contribution in [3.05, 3.63) is 53.2 Å². The number of anilines is 1. The first-order valence-corrected chi connectivity index (χ1v) is 8.62. The van der Waals surface area contributed by atoms with Gasteiger partial charge in [-0.05, 0) is 40.2 Å². The molecule has 10 heteroatoms. The summed E-state index contributed by atoms with van der Waals surface area (Å²) in [6, 6.07) is 10.1. The quantitative estimate of drug-likeness (QED) is 0.609. The second-order valence-corrected chi connectivity index (χ2v) is 6.40. The molecule has 1 unspecified atom stereocenters. The molecule has 2 aromatic carbocycles. The molecule has 0 aliphatic carbocycles. The molecule has 3 rings (SSSR count). The Bertz CT molecular complexity index is 953. The number of nitrogens with zero attached hydrogens (tertiary/aromatic N) is 2. The Morgan fingerprint density at radius 2 is 2.19 bits per heavy atom. The van der Waals surface area contributed by atoms with Gasteiger partial charge in [0, 0.05) is 16.1 Å². The number of carbonyl (C=O) groups excluding carboxylic acids is 1. The van der Waals surface area contributed by atoms with Crippen LogP contribution in [0, 0.1) is 0 Å². The summed E-state index contributed by atoms with van der Waals surface area (Å²) in [5, 5.41) is 13.1. The van der Waals surface area contributed by atoms with Crippen molar-refractivity contribution in [1.82, 2.24) is 9.78 Å². The minimum absolute atomic E-state index is 0.0876. The standard InChI is InChI=1S/C16H13ClF2N4O2S/c17-12-4-2-1-3-9(12)6-14(24)22-11-5-10-8-21-23(16(18)25-19)15(10)13(7-11)26-20/h1-5,7-8,16H,6,20H2,(H,22,24). The fourth-order valence-electron chi connectivity index (χ4n) is 2.53. The largest absolute Gasteiger partial charge is 0.331 e. The lowest BCUT2D eigenvalue weighted by Gasteiger charge is -2.11. The number of alkyl halides is 1. The van der Waals surface area contributed by atoms with Crippen LogP contribution >= 0.6 is 23.5 Å². The zero-order valence-electron chi connectivity index (χ0n) is 13.2. The number of benzene rings is 2. The second-order valence-electron chi connectivity index (χ2n) is 5.32. The molecule has 1 heterocycles. The molecule has 0 saturated carbocycles. The van der Waals surface area contributed by atoms with Gasteiger partial charge in [0.1, 0.15) is 0 Å². The number of nitrogens with two attached hydrogens (primary N) is 1. The summed E-state index contributed by atoms with van der Waals surface area (Å²) in [5.74, 6) is -0.284. The highest BCUT2D eigenvalue weighted by molar-refractivity contribution is 7.97. The normalized spacial score (nSPS) is 12.3. The van der Waals surface area contributed by atoms with Crippen LogP contribution in [0.25, 0.3) is 10.9 Å². The van der Waals surface area contributed by atoms with Crippen LogP contribution in [0.5, 0.6) is 0 Å². The van der Waals surface area contributed by atoms with Crippen molar-refractivity contribution in [1.29, 1.82) is 0 Å². The number of aromatic nitrogens is 2. The first kappa shape index (κ1) is 18.6. The monoisotopic (exact) mass is 398 g/mol. The van der Waals surface area contributed by atoms with Crippen LogP contribution in [0.4, 0.5) is 14.6 Å². The van der Waals surface area contributed by atoms with Crippen LogP contribution < -0.4 is 10.5 Å². The van der Waals surface area contributed by atoms with E-state index in [0.29, 0.717) is 26.6 Å². The third-order valence-corrected chi connectivity index (χ3v) is 4.57. The summed E-state index contributed by atoms with van der Waals surface area (Å²) in [6.07, 6.45) is 1.41. The van der Waals surface area contributed by atoms with Crippen LogP contribution in [0.15, 0.2) is 47.5 Å². The minimum Gasteiger partial charge on any atom is -0.326 e. The molecule has 3 aromatic rings. The average molecular weight is 399 g/mol. The molecule has 0 radical (unpaired) electrons. The van der Waals surface area contributed by atoms with Crippen molar-refractivity contribution in [2.45, 2.75) is 17.8 Å². The van der Waals surface area contributed by atoms with Gasteiger partial charge in [-0.1, -0.05) is 29.8 Å². The number of carbonyl (C=O) groups is 1. The summed E-state index contributed by atoms with van der Waals surface area (Å²) >= 11 is 6.87. The molecule has 0 spiro atoms. The van der Waals surface area contributed by atoms with Gasteiger partial charge in [-0.25, -0.2) is 4.68 Å². The average Bonchev–Trinajstić information content (AvgIpc) is 3.06. The number of amides is 1. The van der Waals surface area contributed by atoms with E-state index in [1.165, 1.54) is 6.20 Å². The highest BCUT2D eigenvalue weighted by Gasteiger charge is 2.18. The fourth-order valence-corrected chi connectivity index (χ4v) is 3.25. The summed E-state index contributed by atoms with van der Waals surface area (Å²) in [5.41, 5.74) is 1.39. The molecule has 1 atom stereocenters. The van der Waals surface area contributed by atoms with E-state index in [4.69, 9.17) is 16.7 Å². The zero-order chi connectivity index (χ0) is 18.7. The topological polar surface area (TPSA) is 82.2 Å². The first-order valence-electron chi connectivity index (χ1n) is 7.36. The predicted octanol–water partition coefficient (Wildman–Crippen LogP) is 4.16. The van der Waals surface area contributed by atoms with Crippen molar-refractivity contribution >= 4 is 46.0 Å². The van der Waals surface area contributed by atoms with Crippen molar-refractivity contribution < 1.29 is 18.7 Å². The van der Waals surface area contributed by atoms with Crippen LogP contribution in [0.2, 0.25) is 5.02 Å². The molecule has 6 nitrogen and oxygen atoms in total. The summed E-state index contributed by atoms with van der Waals surface area (Å²) in [6.45, 7) is -2.39. The molecular formula is C16H13ClF2N4O2S. The van der Waals surface area contributed by atoms with Crippen molar-refractivity contribution in [3.8, 4) is 0 Å². The third-order valence-electron chi connectivity index (χ3n) is 3.64. The van der Waals surface area contributed by atoms with Crippen LogP contribution in [-0.2, 0) is 16.2 Å². The molecule has 0 saturated heterocycles. The number of hydrogen-bond donors (Lipinski definition) is 2. The van der Waals surface area contributed by atoms with E-state index < -0.39 is 6.48 Å². The Labute approximate surface area is 156 Å². The van der Waals surface area contributed by atoms with E-state index >= 15 is 0 Å². The van der Waals surface area contributed by atoms with Gasteiger partial charge in [0.05, 0.1) is 23.0 Å². The summed E-state index contributed by atoms with van der Waals surface area (Å²) in [4.78, 5) is 15.8. The molecule has 1 aromatic heterocycles. The van der Waals surface area contributed by atoms with E-state index in [2.05, 4.69) is 15.4 Å². The van der Waals surface area contributed by atoms with Gasteiger partial charge in [-0.15, -0.1) is 4.94 Å². The number of nitrogens with one attached hydrogen (secondary N) is 1. The summed E-state index contributed by atoms with van der Waals surface area (Å²) in [7, 11) is 0. The highest BCUT2D eigenvalue weighted by atomic mass is 35.5. The van der Waals surface area contributed by atoms with Crippen molar-refractivity contribution in [2.24, 2.45) is 5.14 Å². The zero-order valence-corrected chi connectivity index (χ0v) is 14.7. The number of halogens is 3. The molecule has 26 heavy (non-hydrogen) atoms. The van der Waals surface area contributed by atoms with Gasteiger partial charge in [-0.2, -0.15) is 9.49 Å². The van der Waals surface area contributed by atoms with Gasteiger partial charge in [-0.3, -0.25) is 9.93 Å². The Hall–Kier alpha value is -2.20. The van der Waals surface area contributed by atoms with Crippen molar-refractivity contribution in [2.75, 3.05) is 5.32 Å². The Morgan fingerprint density at radius 1 is 1.42 bits per heavy atom.